The van der Waals surface area contributed by atoms with E-state index in [0.717, 1.165) is 12.1 Å². The zero-order chi connectivity index (χ0) is 26.4. The normalized spacial score (nSPS) is 13.1. The molecular weight excluding hydrogens is 479 g/mol. The predicted octanol–water partition coefficient (Wildman–Crippen LogP) is 5.29. The minimum Gasteiger partial charge on any atom is -0.470 e. The lowest BCUT2D eigenvalue weighted by atomic mass is 10.1. The summed E-state index contributed by atoms with van der Waals surface area (Å²) >= 11 is 0. The van der Waals surface area contributed by atoms with Crippen LogP contribution in [-0.4, -0.2) is 34.0 Å². The van der Waals surface area contributed by atoms with Crippen LogP contribution in [0.1, 0.15) is 23.9 Å². The molecule has 9 heteroatoms. The third kappa shape index (κ3) is 6.42. The first kappa shape index (κ1) is 26.1. The standard InChI is InChI=1S/C28H28F3N5O/c1-19(16-21-10-5-4-6-11-21)33-17-22-12-9-13-23(34-22)18-37-27-25-15-8-7-14-24(25)26(32-3)36(35-27)20(2)28(29,30)31/h4-15,19,33H,2,16-18H2,1,3H3/b32-26-/t19-/m0/s1. The number of rotatable bonds is 9. The van der Waals surface area contributed by atoms with E-state index in [2.05, 4.69) is 46.0 Å². The van der Waals surface area contributed by atoms with Crippen molar-refractivity contribution in [2.24, 2.45) is 4.99 Å². The molecule has 1 atom stereocenters. The van der Waals surface area contributed by atoms with Gasteiger partial charge in [-0.3, -0.25) is 9.98 Å². The molecule has 0 aliphatic carbocycles. The van der Waals surface area contributed by atoms with Crippen LogP contribution in [-0.2, 0) is 19.6 Å². The highest BCUT2D eigenvalue weighted by atomic mass is 19.4. The van der Waals surface area contributed by atoms with Crippen LogP contribution in [0.2, 0.25) is 0 Å². The summed E-state index contributed by atoms with van der Waals surface area (Å²) in [6, 6.07) is 23.0. The summed E-state index contributed by atoms with van der Waals surface area (Å²) in [7, 11) is 1.41. The number of aromatic nitrogens is 3. The zero-order valence-corrected chi connectivity index (χ0v) is 20.7. The summed E-state index contributed by atoms with van der Waals surface area (Å²) in [6.07, 6.45) is -3.79. The van der Waals surface area contributed by atoms with Crippen molar-refractivity contribution < 1.29 is 17.9 Å². The fourth-order valence-electron chi connectivity index (χ4n) is 3.97. The van der Waals surface area contributed by atoms with Gasteiger partial charge in [0.15, 0.2) is 5.49 Å². The lowest BCUT2D eigenvalue weighted by Gasteiger charge is -2.17. The first-order valence-electron chi connectivity index (χ1n) is 11.8. The maximum Gasteiger partial charge on any atom is 0.432 e. The second-order valence-electron chi connectivity index (χ2n) is 8.63. The number of alkyl halides is 3. The molecule has 2 aromatic carbocycles. The molecule has 0 amide bonds. The molecule has 0 aliphatic heterocycles. The van der Waals surface area contributed by atoms with E-state index in [1.54, 1.807) is 30.3 Å². The molecule has 4 rings (SSSR count). The van der Waals surface area contributed by atoms with Gasteiger partial charge >= 0.3 is 6.18 Å². The third-order valence-corrected chi connectivity index (χ3v) is 5.82. The molecule has 37 heavy (non-hydrogen) atoms. The molecule has 6 nitrogen and oxygen atoms in total. The molecule has 0 saturated heterocycles. The molecule has 2 aromatic heterocycles. The zero-order valence-electron chi connectivity index (χ0n) is 20.7. The summed E-state index contributed by atoms with van der Waals surface area (Å²) in [5.41, 5.74) is 1.61. The van der Waals surface area contributed by atoms with E-state index < -0.39 is 11.9 Å². The Balaban J connectivity index is 1.51. The first-order chi connectivity index (χ1) is 17.8. The van der Waals surface area contributed by atoms with E-state index in [-0.39, 0.29) is 24.0 Å². The second-order valence-corrected chi connectivity index (χ2v) is 8.63. The van der Waals surface area contributed by atoms with Crippen LogP contribution in [0.15, 0.2) is 84.4 Å². The quantitative estimate of drug-likeness (QED) is 0.334. The lowest BCUT2D eigenvalue weighted by Crippen LogP contribution is -2.30. The fourth-order valence-corrected chi connectivity index (χ4v) is 3.97. The van der Waals surface area contributed by atoms with Crippen molar-refractivity contribution in [2.75, 3.05) is 7.05 Å². The monoisotopic (exact) mass is 507 g/mol. The van der Waals surface area contributed by atoms with E-state index in [0.29, 0.717) is 27.7 Å². The van der Waals surface area contributed by atoms with E-state index in [1.165, 1.54) is 12.6 Å². The Hall–Kier alpha value is -3.98. The van der Waals surface area contributed by atoms with E-state index in [4.69, 9.17) is 4.74 Å². The molecule has 0 aliphatic rings. The number of ether oxygens (including phenoxy) is 1. The maximum atomic E-state index is 13.5. The molecule has 0 saturated carbocycles. The van der Waals surface area contributed by atoms with Crippen molar-refractivity contribution in [3.05, 3.63) is 102 Å². The number of allylic oxidation sites excluding steroid dienone is 1. The van der Waals surface area contributed by atoms with Gasteiger partial charge in [0, 0.05) is 30.4 Å². The molecule has 2 heterocycles. The van der Waals surface area contributed by atoms with Crippen molar-refractivity contribution in [3.63, 3.8) is 0 Å². The number of nitrogens with zero attached hydrogens (tertiary/aromatic N) is 4. The molecular formula is C28H28F3N5O. The molecule has 0 unspecified atom stereocenters. The number of benzene rings is 2. The Kier molecular flexibility index (Phi) is 8.03. The van der Waals surface area contributed by atoms with Gasteiger partial charge in [-0.05, 0) is 37.1 Å². The maximum absolute atomic E-state index is 13.5. The summed E-state index contributed by atoms with van der Waals surface area (Å²) in [5, 5.41) is 8.60. The Morgan fingerprint density at radius 2 is 1.68 bits per heavy atom. The molecule has 0 bridgehead atoms. The summed E-state index contributed by atoms with van der Waals surface area (Å²) in [6.45, 7) is 5.91. The predicted molar refractivity (Wildman–Crippen MR) is 138 cm³/mol. The number of hydrogen-bond donors (Lipinski definition) is 1. The molecule has 1 N–H and O–H groups in total. The van der Waals surface area contributed by atoms with Crippen molar-refractivity contribution in [3.8, 4) is 5.88 Å². The highest BCUT2D eigenvalue weighted by Gasteiger charge is 2.35. The number of hydrogen-bond acceptors (Lipinski definition) is 5. The highest BCUT2D eigenvalue weighted by Crippen LogP contribution is 2.29. The minimum absolute atomic E-state index is 0.0332. The lowest BCUT2D eigenvalue weighted by molar-refractivity contribution is -0.0744. The van der Waals surface area contributed by atoms with Gasteiger partial charge in [-0.15, -0.1) is 5.10 Å². The Morgan fingerprint density at radius 1 is 1.00 bits per heavy atom. The smallest absolute Gasteiger partial charge is 0.432 e. The average Bonchev–Trinajstić information content (AvgIpc) is 2.90. The Labute approximate surface area is 213 Å². The SMILES string of the molecule is C=C(n1nc(OCc2cccc(CN[C@@H](C)Cc3ccccc3)n2)c2ccccc2/c1=N/C)C(F)(F)F. The van der Waals surface area contributed by atoms with Crippen LogP contribution in [0.3, 0.4) is 0 Å². The van der Waals surface area contributed by atoms with Gasteiger partial charge in [0.2, 0.25) is 5.88 Å². The number of fused-ring (bicyclic) bond motifs is 1. The van der Waals surface area contributed by atoms with Gasteiger partial charge in [0.25, 0.3) is 0 Å². The van der Waals surface area contributed by atoms with Crippen LogP contribution < -0.4 is 15.5 Å². The van der Waals surface area contributed by atoms with Crippen LogP contribution in [0.4, 0.5) is 13.2 Å². The average molecular weight is 508 g/mol. The van der Waals surface area contributed by atoms with Crippen molar-refractivity contribution in [1.82, 2.24) is 20.1 Å². The van der Waals surface area contributed by atoms with E-state index in [9.17, 15) is 13.2 Å². The van der Waals surface area contributed by atoms with Gasteiger partial charge in [0.1, 0.15) is 12.3 Å². The fraction of sp³-hybridized carbons (Fsp3) is 0.250. The molecule has 0 radical (unpaired) electrons. The first-order valence-corrected chi connectivity index (χ1v) is 11.8. The van der Waals surface area contributed by atoms with Crippen molar-refractivity contribution >= 4 is 16.5 Å². The number of nitrogens with one attached hydrogen (secondary N) is 1. The third-order valence-electron chi connectivity index (χ3n) is 5.82. The molecule has 192 valence electrons. The van der Waals surface area contributed by atoms with E-state index >= 15 is 0 Å². The van der Waals surface area contributed by atoms with Gasteiger partial charge < -0.3 is 10.1 Å². The summed E-state index contributed by atoms with van der Waals surface area (Å²) in [5.74, 6) is 0.0372. The van der Waals surface area contributed by atoms with E-state index in [1.807, 2.05) is 30.3 Å². The van der Waals surface area contributed by atoms with Crippen molar-refractivity contribution in [2.45, 2.75) is 38.7 Å². The highest BCUT2D eigenvalue weighted by molar-refractivity contribution is 5.86. The Morgan fingerprint density at radius 3 is 2.38 bits per heavy atom. The van der Waals surface area contributed by atoms with Crippen LogP contribution >= 0.6 is 0 Å². The number of pyridine rings is 1. The van der Waals surface area contributed by atoms with Crippen molar-refractivity contribution in [1.29, 1.82) is 0 Å². The van der Waals surface area contributed by atoms with Gasteiger partial charge in [-0.2, -0.15) is 13.2 Å². The minimum atomic E-state index is -4.68. The Bertz CT molecular complexity index is 1450. The van der Waals surface area contributed by atoms with Crippen LogP contribution in [0, 0.1) is 0 Å². The molecule has 4 aromatic rings. The summed E-state index contributed by atoms with van der Waals surface area (Å²) in [4.78, 5) is 8.67. The van der Waals surface area contributed by atoms with Crippen LogP contribution in [0.5, 0.6) is 5.88 Å². The second kappa shape index (κ2) is 11.4. The molecule has 0 spiro atoms. The molecule has 0 fully saturated rings. The van der Waals surface area contributed by atoms with Gasteiger partial charge in [-0.25, -0.2) is 4.68 Å². The topological polar surface area (TPSA) is 64.3 Å². The number of halogens is 3. The van der Waals surface area contributed by atoms with Gasteiger partial charge in [0.05, 0.1) is 11.4 Å². The van der Waals surface area contributed by atoms with Gasteiger partial charge in [-0.1, -0.05) is 61.2 Å². The largest absolute Gasteiger partial charge is 0.470 e. The van der Waals surface area contributed by atoms with Crippen LogP contribution in [0.25, 0.3) is 16.5 Å². The summed E-state index contributed by atoms with van der Waals surface area (Å²) < 4.78 is 47.0.